The van der Waals surface area contributed by atoms with Gasteiger partial charge in [0.1, 0.15) is 11.9 Å². The smallest absolute Gasteiger partial charge is 0.251 e. The molecule has 5 N–H and O–H groups in total. The lowest BCUT2D eigenvalue weighted by Gasteiger charge is -2.23. The minimum atomic E-state index is -0.677. The van der Waals surface area contributed by atoms with E-state index in [-0.39, 0.29) is 17.9 Å². The first-order chi connectivity index (χ1) is 22.5. The molecule has 5 rings (SSSR count). The molecule has 8 nitrogen and oxygen atoms in total. The molecule has 46 heavy (non-hydrogen) atoms. The van der Waals surface area contributed by atoms with Crippen molar-refractivity contribution in [1.29, 1.82) is 0 Å². The van der Waals surface area contributed by atoms with Crippen LogP contribution in [0.4, 0.5) is 0 Å². The molecule has 2 atom stereocenters. The second-order valence-corrected chi connectivity index (χ2v) is 11.6. The Bertz CT molecular complexity index is 1700. The molecule has 0 saturated carbocycles. The molecule has 0 spiro atoms. The largest absolute Gasteiger partial charge is 0.348 e. The van der Waals surface area contributed by atoms with E-state index in [4.69, 9.17) is 0 Å². The summed E-state index contributed by atoms with van der Waals surface area (Å²) in [5.41, 5.74) is 5.24. The van der Waals surface area contributed by atoms with E-state index in [1.165, 1.54) is 11.1 Å². The van der Waals surface area contributed by atoms with E-state index in [0.29, 0.717) is 25.1 Å². The second kappa shape index (κ2) is 16.5. The Morgan fingerprint density at radius 1 is 0.804 bits per heavy atom. The first kappa shape index (κ1) is 32.6. The highest BCUT2D eigenvalue weighted by atomic mass is 16.2. The van der Waals surface area contributed by atoms with Crippen LogP contribution in [-0.4, -0.2) is 34.4 Å². The Morgan fingerprint density at radius 3 is 2.35 bits per heavy atom. The van der Waals surface area contributed by atoms with Gasteiger partial charge in [-0.15, -0.1) is 0 Å². The first-order valence-electron chi connectivity index (χ1n) is 16.2. The number of carbonyl (C=O) groups is 2. The predicted molar refractivity (Wildman–Crippen MR) is 184 cm³/mol. The van der Waals surface area contributed by atoms with Crippen molar-refractivity contribution >= 4 is 22.6 Å². The Balaban J connectivity index is 1.21. The summed E-state index contributed by atoms with van der Waals surface area (Å²) in [6.07, 6.45) is 5.76. The van der Waals surface area contributed by atoms with Crippen molar-refractivity contribution in [3.05, 3.63) is 137 Å². The number of rotatable bonds is 16. The minimum absolute atomic E-state index is 0.191. The van der Waals surface area contributed by atoms with Gasteiger partial charge >= 0.3 is 0 Å². The summed E-state index contributed by atoms with van der Waals surface area (Å²) in [6, 6.07) is 29.3. The van der Waals surface area contributed by atoms with Crippen LogP contribution >= 0.6 is 0 Å². The van der Waals surface area contributed by atoms with Crippen molar-refractivity contribution < 1.29 is 9.59 Å². The molecule has 0 fully saturated rings. The van der Waals surface area contributed by atoms with Crippen LogP contribution in [0, 0.1) is 0 Å². The summed E-state index contributed by atoms with van der Waals surface area (Å²) < 4.78 is 0. The molecule has 238 valence electrons. The lowest BCUT2D eigenvalue weighted by molar-refractivity contribution is -0.123. The molecule has 0 aliphatic heterocycles. The Labute approximate surface area is 271 Å². The maximum absolute atomic E-state index is 13.7. The Kier molecular flexibility index (Phi) is 11.7. The molecule has 0 radical (unpaired) electrons. The zero-order valence-corrected chi connectivity index (χ0v) is 26.7. The molecule has 0 saturated heterocycles. The van der Waals surface area contributed by atoms with E-state index in [0.717, 1.165) is 53.7 Å². The fourth-order valence-corrected chi connectivity index (χ4v) is 5.75. The minimum Gasteiger partial charge on any atom is -0.348 e. The van der Waals surface area contributed by atoms with Gasteiger partial charge in [0.2, 0.25) is 5.91 Å². The van der Waals surface area contributed by atoms with Gasteiger partial charge in [0.15, 0.2) is 0 Å². The summed E-state index contributed by atoms with van der Waals surface area (Å²) in [4.78, 5) is 34.4. The fourth-order valence-electron chi connectivity index (χ4n) is 5.75. The average Bonchev–Trinajstić information content (AvgIpc) is 3.61. The number of fused-ring (bicyclic) bond motifs is 1. The molecule has 8 heteroatoms. The number of aryl methyl sites for hydroxylation is 1. The van der Waals surface area contributed by atoms with Gasteiger partial charge < -0.3 is 26.3 Å². The normalized spacial score (nSPS) is 12.5. The SMILES string of the molecule is CCc1ccccc1CNCCC[C@H](NC(=O)c1ccc(CNCc2ncc[nH]2)cc1)C(=O)N[C@@H](C)c1cccc2ccccc12. The summed E-state index contributed by atoms with van der Waals surface area (Å²) in [6.45, 7) is 6.93. The number of hydrogen-bond acceptors (Lipinski definition) is 5. The third-order valence-electron chi connectivity index (χ3n) is 8.32. The molecule has 1 aromatic heterocycles. The van der Waals surface area contributed by atoms with E-state index in [1.54, 1.807) is 24.5 Å². The van der Waals surface area contributed by atoms with E-state index >= 15 is 0 Å². The molecule has 5 aromatic rings. The lowest BCUT2D eigenvalue weighted by atomic mass is 9.99. The second-order valence-electron chi connectivity index (χ2n) is 11.6. The number of H-pyrrole nitrogens is 1. The van der Waals surface area contributed by atoms with Crippen LogP contribution in [0.15, 0.2) is 103 Å². The third kappa shape index (κ3) is 8.90. The first-order valence-corrected chi connectivity index (χ1v) is 16.2. The Morgan fingerprint density at radius 2 is 1.57 bits per heavy atom. The van der Waals surface area contributed by atoms with Crippen molar-refractivity contribution in [3.8, 4) is 0 Å². The van der Waals surface area contributed by atoms with Gasteiger partial charge in [-0.25, -0.2) is 4.98 Å². The zero-order chi connectivity index (χ0) is 32.1. The quantitative estimate of drug-likeness (QED) is 0.0879. The maximum atomic E-state index is 13.7. The molecule has 0 aliphatic carbocycles. The van der Waals surface area contributed by atoms with Gasteiger partial charge in [-0.05, 0) is 77.9 Å². The number of nitrogens with zero attached hydrogens (tertiary/aromatic N) is 1. The summed E-state index contributed by atoms with van der Waals surface area (Å²) in [7, 11) is 0. The van der Waals surface area contributed by atoms with Gasteiger partial charge in [0.25, 0.3) is 5.91 Å². The molecule has 2 amide bonds. The lowest BCUT2D eigenvalue weighted by Crippen LogP contribution is -2.47. The summed E-state index contributed by atoms with van der Waals surface area (Å²) in [5, 5.41) is 15.3. The number of aromatic nitrogens is 2. The standard InChI is InChI=1S/C38H44N6O2/c1-3-29-10-4-5-12-32(29)25-39-21-9-16-35(38(46)43-27(2)33-15-8-13-30-11-6-7-14-34(30)33)44-37(45)31-19-17-28(18-20-31)24-40-26-36-41-22-23-42-36/h4-8,10-15,17-20,22-23,27,35,39-40H,3,9,16,21,24-26H2,1-2H3,(H,41,42)(H,43,46)(H,44,45)/t27-,35-/m0/s1. The van der Waals surface area contributed by atoms with Crippen molar-refractivity contribution in [2.75, 3.05) is 6.54 Å². The maximum Gasteiger partial charge on any atom is 0.251 e. The van der Waals surface area contributed by atoms with Gasteiger partial charge in [0, 0.05) is 31.0 Å². The molecule has 0 aliphatic rings. The number of carbonyl (C=O) groups excluding carboxylic acids is 2. The zero-order valence-electron chi connectivity index (χ0n) is 26.7. The van der Waals surface area contributed by atoms with Crippen LogP contribution in [0.5, 0.6) is 0 Å². The van der Waals surface area contributed by atoms with Gasteiger partial charge in [-0.1, -0.05) is 85.8 Å². The molecular weight excluding hydrogens is 572 g/mol. The topological polar surface area (TPSA) is 111 Å². The number of amides is 2. The number of hydrogen-bond donors (Lipinski definition) is 5. The van der Waals surface area contributed by atoms with Gasteiger partial charge in [-0.3, -0.25) is 9.59 Å². The molecule has 0 unspecified atom stereocenters. The molecule has 1 heterocycles. The van der Waals surface area contributed by atoms with E-state index in [9.17, 15) is 9.59 Å². The number of benzene rings is 4. The van der Waals surface area contributed by atoms with Crippen molar-refractivity contribution in [3.63, 3.8) is 0 Å². The summed E-state index contributed by atoms with van der Waals surface area (Å²) >= 11 is 0. The van der Waals surface area contributed by atoms with Crippen LogP contribution in [0.3, 0.4) is 0 Å². The molecule has 0 bridgehead atoms. The number of aromatic amines is 1. The highest BCUT2D eigenvalue weighted by Gasteiger charge is 2.23. The fraction of sp³-hybridized carbons (Fsp3) is 0.289. The average molecular weight is 617 g/mol. The predicted octanol–water partition coefficient (Wildman–Crippen LogP) is 5.96. The monoisotopic (exact) mass is 616 g/mol. The van der Waals surface area contributed by atoms with Gasteiger partial charge in [-0.2, -0.15) is 0 Å². The van der Waals surface area contributed by atoms with E-state index in [1.807, 2.05) is 43.3 Å². The van der Waals surface area contributed by atoms with Crippen molar-refractivity contribution in [2.45, 2.75) is 64.8 Å². The summed E-state index contributed by atoms with van der Waals surface area (Å²) in [5.74, 6) is 0.415. The molecule has 4 aromatic carbocycles. The Hall–Kier alpha value is -4.79. The van der Waals surface area contributed by atoms with Crippen LogP contribution in [-0.2, 0) is 30.8 Å². The van der Waals surface area contributed by atoms with Crippen molar-refractivity contribution in [1.82, 2.24) is 31.2 Å². The van der Waals surface area contributed by atoms with E-state index < -0.39 is 6.04 Å². The number of imidazole rings is 1. The van der Waals surface area contributed by atoms with Crippen LogP contribution in [0.2, 0.25) is 0 Å². The van der Waals surface area contributed by atoms with E-state index in [2.05, 4.69) is 80.6 Å². The van der Waals surface area contributed by atoms with Crippen molar-refractivity contribution in [2.24, 2.45) is 0 Å². The van der Waals surface area contributed by atoms with Crippen LogP contribution < -0.4 is 21.3 Å². The number of nitrogens with one attached hydrogen (secondary N) is 5. The van der Waals surface area contributed by atoms with Gasteiger partial charge in [0.05, 0.1) is 12.6 Å². The highest BCUT2D eigenvalue weighted by molar-refractivity contribution is 5.97. The third-order valence-corrected chi connectivity index (χ3v) is 8.32. The van der Waals surface area contributed by atoms with Crippen LogP contribution in [0.25, 0.3) is 10.8 Å². The molecular formula is C38H44N6O2. The van der Waals surface area contributed by atoms with Crippen LogP contribution in [0.1, 0.15) is 71.2 Å². The highest BCUT2D eigenvalue weighted by Crippen LogP contribution is 2.24.